The molecule has 1 fully saturated rings. The van der Waals surface area contributed by atoms with E-state index in [1.165, 1.54) is 0 Å². The summed E-state index contributed by atoms with van der Waals surface area (Å²) in [5.41, 5.74) is -0.666. The summed E-state index contributed by atoms with van der Waals surface area (Å²) in [5, 5.41) is 3.12. The Morgan fingerprint density at radius 1 is 1.33 bits per heavy atom. The van der Waals surface area contributed by atoms with Crippen molar-refractivity contribution in [3.63, 3.8) is 0 Å². The molecule has 0 aromatic rings. The van der Waals surface area contributed by atoms with Gasteiger partial charge in [0.2, 0.25) is 5.91 Å². The Hall–Kier alpha value is -0.780. The molecule has 0 spiro atoms. The standard InChI is InChI=1S/C12H21F3N2O/c1-9(2)17(8-12(13,14)15)10(18)11(3)4-6-16-7-5-11/h9,16H,4-8H2,1-3H3. The lowest BCUT2D eigenvalue weighted by Gasteiger charge is -2.39. The average molecular weight is 266 g/mol. The highest BCUT2D eigenvalue weighted by Crippen LogP contribution is 2.32. The van der Waals surface area contributed by atoms with Crippen molar-refractivity contribution in [2.24, 2.45) is 5.41 Å². The number of nitrogens with zero attached hydrogens (tertiary/aromatic N) is 1. The summed E-state index contributed by atoms with van der Waals surface area (Å²) in [7, 11) is 0. The van der Waals surface area contributed by atoms with Crippen molar-refractivity contribution in [1.82, 2.24) is 10.2 Å². The van der Waals surface area contributed by atoms with E-state index in [2.05, 4.69) is 5.32 Å². The molecular weight excluding hydrogens is 245 g/mol. The average Bonchev–Trinajstić information content (AvgIpc) is 2.24. The van der Waals surface area contributed by atoms with Crippen LogP contribution in [0.5, 0.6) is 0 Å². The molecule has 0 aromatic heterocycles. The highest BCUT2D eigenvalue weighted by atomic mass is 19.4. The lowest BCUT2D eigenvalue weighted by Crippen LogP contribution is -2.52. The van der Waals surface area contributed by atoms with Gasteiger partial charge in [-0.15, -0.1) is 0 Å². The fourth-order valence-corrected chi connectivity index (χ4v) is 2.22. The SMILES string of the molecule is CC(C)N(CC(F)(F)F)C(=O)C1(C)CCNCC1. The van der Waals surface area contributed by atoms with Crippen molar-refractivity contribution in [3.8, 4) is 0 Å². The van der Waals surface area contributed by atoms with E-state index in [-0.39, 0.29) is 5.91 Å². The van der Waals surface area contributed by atoms with Crippen LogP contribution in [0.1, 0.15) is 33.6 Å². The number of piperidine rings is 1. The first-order valence-corrected chi connectivity index (χ1v) is 6.24. The van der Waals surface area contributed by atoms with Crippen LogP contribution in [0.2, 0.25) is 0 Å². The fraction of sp³-hybridized carbons (Fsp3) is 0.917. The minimum atomic E-state index is -4.34. The predicted octanol–water partition coefficient (Wildman–Crippen LogP) is 2.18. The normalized spacial score (nSPS) is 19.9. The zero-order valence-corrected chi connectivity index (χ0v) is 11.1. The maximum atomic E-state index is 12.5. The molecule has 1 saturated heterocycles. The van der Waals surface area contributed by atoms with Gasteiger partial charge in [0.05, 0.1) is 0 Å². The third-order valence-corrected chi connectivity index (χ3v) is 3.46. The van der Waals surface area contributed by atoms with Crippen LogP contribution in [0.25, 0.3) is 0 Å². The molecule has 1 N–H and O–H groups in total. The summed E-state index contributed by atoms with van der Waals surface area (Å²) >= 11 is 0. The number of halogens is 3. The van der Waals surface area contributed by atoms with E-state index >= 15 is 0 Å². The Labute approximate surface area is 106 Å². The summed E-state index contributed by atoms with van der Waals surface area (Å²) in [6, 6.07) is -0.439. The number of rotatable bonds is 3. The van der Waals surface area contributed by atoms with Crippen molar-refractivity contribution in [2.45, 2.75) is 45.8 Å². The van der Waals surface area contributed by atoms with Gasteiger partial charge in [0.15, 0.2) is 0 Å². The number of carbonyl (C=O) groups excluding carboxylic acids is 1. The Morgan fingerprint density at radius 3 is 2.22 bits per heavy atom. The number of amides is 1. The van der Waals surface area contributed by atoms with E-state index in [0.717, 1.165) is 4.90 Å². The highest BCUT2D eigenvalue weighted by Gasteiger charge is 2.42. The van der Waals surface area contributed by atoms with Crippen molar-refractivity contribution in [2.75, 3.05) is 19.6 Å². The first-order valence-electron chi connectivity index (χ1n) is 6.24. The summed E-state index contributed by atoms with van der Waals surface area (Å²) in [4.78, 5) is 13.3. The maximum Gasteiger partial charge on any atom is 0.406 e. The molecule has 0 atom stereocenters. The van der Waals surface area contributed by atoms with Gasteiger partial charge in [-0.1, -0.05) is 6.92 Å². The molecule has 0 bridgehead atoms. The largest absolute Gasteiger partial charge is 0.406 e. The van der Waals surface area contributed by atoms with E-state index in [1.807, 2.05) is 0 Å². The zero-order valence-electron chi connectivity index (χ0n) is 11.1. The van der Waals surface area contributed by atoms with Crippen LogP contribution in [-0.4, -0.2) is 42.7 Å². The van der Waals surface area contributed by atoms with Gasteiger partial charge in [0.1, 0.15) is 6.54 Å². The monoisotopic (exact) mass is 266 g/mol. The number of alkyl halides is 3. The van der Waals surface area contributed by atoms with Crippen LogP contribution in [0.3, 0.4) is 0 Å². The fourth-order valence-electron chi connectivity index (χ4n) is 2.22. The van der Waals surface area contributed by atoms with Gasteiger partial charge in [-0.05, 0) is 39.8 Å². The van der Waals surface area contributed by atoms with Crippen LogP contribution in [0.15, 0.2) is 0 Å². The highest BCUT2D eigenvalue weighted by molar-refractivity contribution is 5.82. The van der Waals surface area contributed by atoms with E-state index in [1.54, 1.807) is 20.8 Å². The molecule has 18 heavy (non-hydrogen) atoms. The smallest absolute Gasteiger partial charge is 0.331 e. The Kier molecular flexibility index (Phi) is 4.64. The number of nitrogens with one attached hydrogen (secondary N) is 1. The predicted molar refractivity (Wildman–Crippen MR) is 63.1 cm³/mol. The van der Waals surface area contributed by atoms with Gasteiger partial charge >= 0.3 is 6.18 Å². The van der Waals surface area contributed by atoms with Crippen molar-refractivity contribution in [1.29, 1.82) is 0 Å². The minimum Gasteiger partial charge on any atom is -0.331 e. The molecule has 1 aliphatic rings. The number of hydrogen-bond donors (Lipinski definition) is 1. The van der Waals surface area contributed by atoms with Crippen molar-refractivity contribution < 1.29 is 18.0 Å². The second-order valence-corrected chi connectivity index (χ2v) is 5.45. The van der Waals surface area contributed by atoms with Crippen LogP contribution < -0.4 is 5.32 Å². The van der Waals surface area contributed by atoms with Gasteiger partial charge in [0.25, 0.3) is 0 Å². The summed E-state index contributed by atoms with van der Waals surface area (Å²) < 4.78 is 37.5. The van der Waals surface area contributed by atoms with Crippen LogP contribution in [0.4, 0.5) is 13.2 Å². The lowest BCUT2D eigenvalue weighted by molar-refractivity contribution is -0.171. The summed E-state index contributed by atoms with van der Waals surface area (Å²) in [6.07, 6.45) is -3.16. The molecule has 0 aromatic carbocycles. The topological polar surface area (TPSA) is 32.3 Å². The van der Waals surface area contributed by atoms with E-state index in [4.69, 9.17) is 0 Å². The van der Waals surface area contributed by atoms with Crippen LogP contribution in [-0.2, 0) is 4.79 Å². The summed E-state index contributed by atoms with van der Waals surface area (Å²) in [6.45, 7) is 5.21. The second-order valence-electron chi connectivity index (χ2n) is 5.45. The van der Waals surface area contributed by atoms with Crippen LogP contribution >= 0.6 is 0 Å². The number of carbonyl (C=O) groups is 1. The Morgan fingerprint density at radius 2 is 1.83 bits per heavy atom. The lowest BCUT2D eigenvalue weighted by atomic mass is 9.79. The van der Waals surface area contributed by atoms with Crippen molar-refractivity contribution >= 4 is 5.91 Å². The molecule has 1 aliphatic heterocycles. The second kappa shape index (κ2) is 5.47. The van der Waals surface area contributed by atoms with Crippen LogP contribution in [0, 0.1) is 5.41 Å². The molecule has 1 amide bonds. The quantitative estimate of drug-likeness (QED) is 0.849. The maximum absolute atomic E-state index is 12.5. The van der Waals surface area contributed by atoms with E-state index in [9.17, 15) is 18.0 Å². The molecule has 1 rings (SSSR count). The van der Waals surface area contributed by atoms with Gasteiger partial charge in [-0.3, -0.25) is 4.79 Å². The van der Waals surface area contributed by atoms with Gasteiger partial charge in [-0.25, -0.2) is 0 Å². The van der Waals surface area contributed by atoms with E-state index < -0.39 is 24.2 Å². The third kappa shape index (κ3) is 3.86. The summed E-state index contributed by atoms with van der Waals surface area (Å²) in [5.74, 6) is -0.378. The molecule has 106 valence electrons. The number of hydrogen-bond acceptors (Lipinski definition) is 2. The van der Waals surface area contributed by atoms with Gasteiger partial charge in [0, 0.05) is 11.5 Å². The van der Waals surface area contributed by atoms with Gasteiger partial charge < -0.3 is 10.2 Å². The molecule has 6 heteroatoms. The molecular formula is C12H21F3N2O. The van der Waals surface area contributed by atoms with Gasteiger partial charge in [-0.2, -0.15) is 13.2 Å². The Bertz CT molecular complexity index is 296. The molecule has 0 unspecified atom stereocenters. The first-order chi connectivity index (χ1) is 8.16. The Balaban J connectivity index is 2.82. The molecule has 0 saturated carbocycles. The molecule has 0 aliphatic carbocycles. The molecule has 0 radical (unpaired) electrons. The zero-order chi connectivity index (χ0) is 14.0. The van der Waals surface area contributed by atoms with Crippen molar-refractivity contribution in [3.05, 3.63) is 0 Å². The third-order valence-electron chi connectivity index (χ3n) is 3.46. The van der Waals surface area contributed by atoms with E-state index in [0.29, 0.717) is 25.9 Å². The molecule has 3 nitrogen and oxygen atoms in total. The molecule has 1 heterocycles. The minimum absolute atomic E-state index is 0.378. The first kappa shape index (κ1) is 15.3.